The molecule has 26 heavy (non-hydrogen) atoms. The van der Waals surface area contributed by atoms with Gasteiger partial charge in [-0.05, 0) is 43.2 Å². The summed E-state index contributed by atoms with van der Waals surface area (Å²) in [6, 6.07) is 16.3. The largest absolute Gasteiger partial charge is 0.494 e. The molecule has 0 unspecified atom stereocenters. The molecule has 0 saturated heterocycles. The molecule has 5 heteroatoms. The second-order valence-corrected chi connectivity index (χ2v) is 5.85. The number of carbonyl (C=O) groups excluding carboxylic acids is 2. The molecular weight excluding hydrogens is 330 g/mol. The summed E-state index contributed by atoms with van der Waals surface area (Å²) in [6.45, 7) is 4.21. The van der Waals surface area contributed by atoms with Crippen LogP contribution in [0.1, 0.15) is 48.7 Å². The summed E-state index contributed by atoms with van der Waals surface area (Å²) >= 11 is 0. The number of carbonyl (C=O) groups is 2. The Hall–Kier alpha value is -2.82. The van der Waals surface area contributed by atoms with Crippen molar-refractivity contribution >= 4 is 11.9 Å². The van der Waals surface area contributed by atoms with Gasteiger partial charge in [-0.3, -0.25) is 4.79 Å². The number of hydrogen-bond donors (Lipinski definition) is 1. The zero-order chi connectivity index (χ0) is 18.8. The summed E-state index contributed by atoms with van der Waals surface area (Å²) < 4.78 is 10.4. The first kappa shape index (κ1) is 19.5. The third kappa shape index (κ3) is 5.92. The van der Waals surface area contributed by atoms with Crippen molar-refractivity contribution in [2.24, 2.45) is 0 Å². The van der Waals surface area contributed by atoms with Crippen LogP contribution in [0.2, 0.25) is 0 Å². The molecule has 0 radical (unpaired) electrons. The lowest BCUT2D eigenvalue weighted by molar-refractivity contribution is -0.125. The summed E-state index contributed by atoms with van der Waals surface area (Å²) in [4.78, 5) is 24.2. The van der Waals surface area contributed by atoms with Crippen molar-refractivity contribution < 1.29 is 19.1 Å². The number of benzene rings is 2. The molecule has 0 aromatic heterocycles. The topological polar surface area (TPSA) is 64.6 Å². The second-order valence-electron chi connectivity index (χ2n) is 5.85. The van der Waals surface area contributed by atoms with Gasteiger partial charge in [0, 0.05) is 0 Å². The molecule has 1 atom stereocenters. The zero-order valence-corrected chi connectivity index (χ0v) is 15.2. The van der Waals surface area contributed by atoms with Crippen LogP contribution in [-0.2, 0) is 9.53 Å². The minimum Gasteiger partial charge on any atom is -0.494 e. The molecular formula is C21H25NO4. The Morgan fingerprint density at radius 1 is 1.00 bits per heavy atom. The average molecular weight is 355 g/mol. The standard InChI is InChI=1S/C21H25NO4/c1-3-8-19(16-9-6-5-7-10-16)22-20(23)15-26-21(24)17-11-13-18(14-12-17)25-4-2/h5-7,9-14,19H,3-4,8,15H2,1-2H3,(H,22,23)/t19-/m1/s1. The van der Waals surface area contributed by atoms with Crippen LogP contribution in [0.25, 0.3) is 0 Å². The average Bonchev–Trinajstić information content (AvgIpc) is 2.67. The first-order valence-corrected chi connectivity index (χ1v) is 8.88. The van der Waals surface area contributed by atoms with Gasteiger partial charge >= 0.3 is 5.97 Å². The van der Waals surface area contributed by atoms with Gasteiger partial charge in [-0.15, -0.1) is 0 Å². The van der Waals surface area contributed by atoms with Crippen molar-refractivity contribution in [1.82, 2.24) is 5.32 Å². The van der Waals surface area contributed by atoms with Gasteiger partial charge in [-0.2, -0.15) is 0 Å². The van der Waals surface area contributed by atoms with Crippen LogP contribution in [0.15, 0.2) is 54.6 Å². The molecule has 0 aliphatic rings. The lowest BCUT2D eigenvalue weighted by Crippen LogP contribution is -2.32. The van der Waals surface area contributed by atoms with E-state index in [-0.39, 0.29) is 18.6 Å². The smallest absolute Gasteiger partial charge is 0.338 e. The lowest BCUT2D eigenvalue weighted by Gasteiger charge is -2.18. The van der Waals surface area contributed by atoms with Gasteiger partial charge in [0.2, 0.25) is 0 Å². The Morgan fingerprint density at radius 3 is 2.31 bits per heavy atom. The highest BCUT2D eigenvalue weighted by Crippen LogP contribution is 2.18. The van der Waals surface area contributed by atoms with E-state index in [0.717, 1.165) is 18.4 Å². The molecule has 0 saturated carbocycles. The van der Waals surface area contributed by atoms with E-state index in [1.807, 2.05) is 37.3 Å². The maximum atomic E-state index is 12.2. The number of nitrogens with one attached hydrogen (secondary N) is 1. The maximum Gasteiger partial charge on any atom is 0.338 e. The Balaban J connectivity index is 1.87. The minimum atomic E-state index is -0.532. The normalized spacial score (nSPS) is 11.5. The van der Waals surface area contributed by atoms with E-state index in [9.17, 15) is 9.59 Å². The van der Waals surface area contributed by atoms with Crippen LogP contribution in [0.5, 0.6) is 5.75 Å². The van der Waals surface area contributed by atoms with E-state index in [1.54, 1.807) is 24.3 Å². The summed E-state index contributed by atoms with van der Waals surface area (Å²) in [7, 11) is 0. The van der Waals surface area contributed by atoms with Crippen LogP contribution >= 0.6 is 0 Å². The van der Waals surface area contributed by atoms with Crippen molar-refractivity contribution in [3.63, 3.8) is 0 Å². The summed E-state index contributed by atoms with van der Waals surface area (Å²) in [5.74, 6) is -0.159. The van der Waals surface area contributed by atoms with Crippen LogP contribution in [0.3, 0.4) is 0 Å². The highest BCUT2D eigenvalue weighted by Gasteiger charge is 2.15. The molecule has 0 aliphatic carbocycles. The summed E-state index contributed by atoms with van der Waals surface area (Å²) in [6.07, 6.45) is 1.76. The molecule has 1 amide bonds. The van der Waals surface area contributed by atoms with Crippen LogP contribution < -0.4 is 10.1 Å². The van der Waals surface area contributed by atoms with E-state index < -0.39 is 5.97 Å². The number of esters is 1. The van der Waals surface area contributed by atoms with Crippen molar-refractivity contribution in [2.45, 2.75) is 32.7 Å². The minimum absolute atomic E-state index is 0.0853. The van der Waals surface area contributed by atoms with E-state index in [4.69, 9.17) is 9.47 Å². The van der Waals surface area contributed by atoms with Crippen molar-refractivity contribution in [3.8, 4) is 5.75 Å². The number of rotatable bonds is 9. The Bertz CT molecular complexity index is 698. The predicted octanol–water partition coefficient (Wildman–Crippen LogP) is 3.90. The van der Waals surface area contributed by atoms with Gasteiger partial charge in [0.05, 0.1) is 18.2 Å². The van der Waals surface area contributed by atoms with Crippen molar-refractivity contribution in [1.29, 1.82) is 0 Å². The summed E-state index contributed by atoms with van der Waals surface area (Å²) in [5.41, 5.74) is 1.43. The van der Waals surface area contributed by atoms with Gasteiger partial charge in [-0.25, -0.2) is 4.79 Å². The molecule has 138 valence electrons. The first-order chi connectivity index (χ1) is 12.6. The molecule has 2 aromatic rings. The number of ether oxygens (including phenoxy) is 2. The molecule has 2 aromatic carbocycles. The second kappa shape index (κ2) is 10.2. The van der Waals surface area contributed by atoms with E-state index in [1.165, 1.54) is 0 Å². The Kier molecular flexibility index (Phi) is 7.68. The van der Waals surface area contributed by atoms with Gasteiger partial charge in [0.25, 0.3) is 5.91 Å². The van der Waals surface area contributed by atoms with Gasteiger partial charge < -0.3 is 14.8 Å². The van der Waals surface area contributed by atoms with Crippen molar-refractivity contribution in [2.75, 3.05) is 13.2 Å². The van der Waals surface area contributed by atoms with Crippen LogP contribution in [0.4, 0.5) is 0 Å². The highest BCUT2D eigenvalue weighted by molar-refractivity contribution is 5.91. The lowest BCUT2D eigenvalue weighted by atomic mass is 10.0. The monoisotopic (exact) mass is 355 g/mol. The fourth-order valence-corrected chi connectivity index (χ4v) is 2.60. The molecule has 0 aliphatic heterocycles. The predicted molar refractivity (Wildman–Crippen MR) is 100 cm³/mol. The fraction of sp³-hybridized carbons (Fsp3) is 0.333. The molecule has 0 bridgehead atoms. The molecule has 0 fully saturated rings. The number of amides is 1. The molecule has 0 spiro atoms. The van der Waals surface area contributed by atoms with Gasteiger partial charge in [-0.1, -0.05) is 43.7 Å². The van der Waals surface area contributed by atoms with E-state index in [2.05, 4.69) is 12.2 Å². The SMILES string of the molecule is CCC[C@@H](NC(=O)COC(=O)c1ccc(OCC)cc1)c1ccccc1. The van der Waals surface area contributed by atoms with E-state index >= 15 is 0 Å². The quantitative estimate of drug-likeness (QED) is 0.693. The first-order valence-electron chi connectivity index (χ1n) is 8.88. The Labute approximate surface area is 154 Å². The van der Waals surface area contributed by atoms with Gasteiger partial charge in [0.15, 0.2) is 6.61 Å². The number of hydrogen-bond acceptors (Lipinski definition) is 4. The Morgan fingerprint density at radius 2 is 1.69 bits per heavy atom. The van der Waals surface area contributed by atoms with Crippen LogP contribution in [-0.4, -0.2) is 25.1 Å². The van der Waals surface area contributed by atoms with E-state index in [0.29, 0.717) is 17.9 Å². The van der Waals surface area contributed by atoms with Crippen LogP contribution in [0, 0.1) is 0 Å². The zero-order valence-electron chi connectivity index (χ0n) is 15.2. The molecule has 1 N–H and O–H groups in total. The molecule has 2 rings (SSSR count). The maximum absolute atomic E-state index is 12.2. The summed E-state index contributed by atoms with van der Waals surface area (Å²) in [5, 5.41) is 2.93. The highest BCUT2D eigenvalue weighted by atomic mass is 16.5. The third-order valence-corrected chi connectivity index (χ3v) is 3.85. The third-order valence-electron chi connectivity index (χ3n) is 3.85. The van der Waals surface area contributed by atoms with Gasteiger partial charge in [0.1, 0.15) is 5.75 Å². The van der Waals surface area contributed by atoms with Crippen molar-refractivity contribution in [3.05, 3.63) is 65.7 Å². The fourth-order valence-electron chi connectivity index (χ4n) is 2.60. The molecule has 5 nitrogen and oxygen atoms in total. The molecule has 0 heterocycles.